The number of hydrogen-bond acceptors (Lipinski definition) is 5. The molecule has 128 valence electrons. The van der Waals surface area contributed by atoms with E-state index in [1.165, 1.54) is 11.3 Å². The molecule has 0 radical (unpaired) electrons. The van der Waals surface area contributed by atoms with Crippen LogP contribution in [0.2, 0.25) is 0 Å². The topological polar surface area (TPSA) is 111 Å². The number of nitrogens with zero attached hydrogens (tertiary/aromatic N) is 2. The smallest absolute Gasteiger partial charge is 0.323 e. The van der Waals surface area contributed by atoms with Gasteiger partial charge in [-0.15, -0.1) is 11.3 Å². The summed E-state index contributed by atoms with van der Waals surface area (Å²) < 4.78 is 0. The molecule has 3 heterocycles. The number of benzene rings is 1. The molecule has 1 aromatic carbocycles. The van der Waals surface area contributed by atoms with Gasteiger partial charge in [0.15, 0.2) is 5.13 Å². The van der Waals surface area contributed by atoms with E-state index in [1.807, 2.05) is 0 Å². The molecule has 9 heteroatoms. The number of carbonyl (C=O) groups excluding carboxylic acids is 2. The summed E-state index contributed by atoms with van der Waals surface area (Å²) in [7, 11) is 0. The van der Waals surface area contributed by atoms with Crippen LogP contribution < -0.4 is 15.9 Å². The number of H-pyrrole nitrogens is 2. The number of aromatic amines is 2. The van der Waals surface area contributed by atoms with Gasteiger partial charge in [0, 0.05) is 24.0 Å². The molecule has 2 aromatic heterocycles. The number of thiazole rings is 1. The van der Waals surface area contributed by atoms with Gasteiger partial charge in [0.1, 0.15) is 0 Å². The molecule has 1 saturated heterocycles. The Morgan fingerprint density at radius 2 is 2.12 bits per heavy atom. The molecule has 0 unspecified atom stereocenters. The molecule has 1 fully saturated rings. The maximum absolute atomic E-state index is 12.2. The van der Waals surface area contributed by atoms with Crippen LogP contribution in [-0.2, 0) is 16.0 Å². The van der Waals surface area contributed by atoms with Crippen LogP contribution in [-0.4, -0.2) is 33.3 Å². The van der Waals surface area contributed by atoms with Crippen molar-refractivity contribution in [1.82, 2.24) is 15.0 Å². The first-order chi connectivity index (χ1) is 12.1. The summed E-state index contributed by atoms with van der Waals surface area (Å²) in [4.78, 5) is 46.6. The van der Waals surface area contributed by atoms with E-state index in [0.29, 0.717) is 40.5 Å². The van der Waals surface area contributed by atoms with Crippen molar-refractivity contribution in [2.75, 3.05) is 16.8 Å². The van der Waals surface area contributed by atoms with Crippen molar-refractivity contribution in [3.05, 3.63) is 39.8 Å². The normalized spacial score (nSPS) is 14.4. The fourth-order valence-corrected chi connectivity index (χ4v) is 3.70. The van der Waals surface area contributed by atoms with Crippen molar-refractivity contribution in [2.45, 2.75) is 19.3 Å². The highest BCUT2D eigenvalue weighted by Gasteiger charge is 2.24. The zero-order chi connectivity index (χ0) is 17.4. The van der Waals surface area contributed by atoms with Crippen LogP contribution in [0.15, 0.2) is 28.4 Å². The third-order valence-corrected chi connectivity index (χ3v) is 4.90. The van der Waals surface area contributed by atoms with E-state index in [-0.39, 0.29) is 23.9 Å². The maximum atomic E-state index is 12.2. The molecule has 0 spiro atoms. The number of anilines is 2. The number of nitrogens with one attached hydrogen (secondary N) is 3. The van der Waals surface area contributed by atoms with Gasteiger partial charge in [0.25, 0.3) is 0 Å². The quantitative estimate of drug-likeness (QED) is 0.659. The van der Waals surface area contributed by atoms with Crippen molar-refractivity contribution >= 4 is 45.0 Å². The predicted molar refractivity (Wildman–Crippen MR) is 95.0 cm³/mol. The Morgan fingerprint density at radius 1 is 1.28 bits per heavy atom. The highest BCUT2D eigenvalue weighted by molar-refractivity contribution is 7.14. The lowest BCUT2D eigenvalue weighted by molar-refractivity contribution is -0.117. The Hall–Kier alpha value is -2.94. The lowest BCUT2D eigenvalue weighted by Gasteiger charge is -2.10. The average Bonchev–Trinajstić information content (AvgIpc) is 3.26. The van der Waals surface area contributed by atoms with Crippen LogP contribution in [0.3, 0.4) is 0 Å². The summed E-state index contributed by atoms with van der Waals surface area (Å²) in [6.07, 6.45) is 1.53. The van der Waals surface area contributed by atoms with Crippen molar-refractivity contribution in [1.29, 1.82) is 0 Å². The molecular weight excluding hydrogens is 342 g/mol. The van der Waals surface area contributed by atoms with Crippen LogP contribution in [0.4, 0.5) is 10.8 Å². The van der Waals surface area contributed by atoms with Crippen LogP contribution in [0.25, 0.3) is 11.0 Å². The van der Waals surface area contributed by atoms with Crippen LogP contribution in [0.5, 0.6) is 0 Å². The van der Waals surface area contributed by atoms with E-state index in [4.69, 9.17) is 0 Å². The van der Waals surface area contributed by atoms with Crippen LogP contribution in [0.1, 0.15) is 18.5 Å². The highest BCUT2D eigenvalue weighted by atomic mass is 32.1. The van der Waals surface area contributed by atoms with Crippen molar-refractivity contribution < 1.29 is 9.59 Å². The van der Waals surface area contributed by atoms with E-state index in [2.05, 4.69) is 20.3 Å². The van der Waals surface area contributed by atoms with Crippen molar-refractivity contribution in [3.63, 3.8) is 0 Å². The molecule has 4 rings (SSSR count). The molecule has 8 nitrogen and oxygen atoms in total. The molecule has 1 aliphatic heterocycles. The highest BCUT2D eigenvalue weighted by Crippen LogP contribution is 2.25. The Balaban J connectivity index is 1.43. The number of amides is 2. The Bertz CT molecular complexity index is 1020. The third kappa shape index (κ3) is 3.18. The van der Waals surface area contributed by atoms with Gasteiger partial charge in [0.05, 0.1) is 23.1 Å². The van der Waals surface area contributed by atoms with Crippen molar-refractivity contribution in [2.24, 2.45) is 0 Å². The van der Waals surface area contributed by atoms with E-state index >= 15 is 0 Å². The Morgan fingerprint density at radius 3 is 2.92 bits per heavy atom. The summed E-state index contributed by atoms with van der Waals surface area (Å²) in [6.45, 7) is 0.687. The SMILES string of the molecule is O=C(Cc1csc(N2CCCC2=O)n1)Nc1ccc2[nH]c(=O)[nH]c2c1. The van der Waals surface area contributed by atoms with E-state index in [0.717, 1.165) is 6.42 Å². The monoisotopic (exact) mass is 357 g/mol. The molecule has 0 bridgehead atoms. The molecule has 0 saturated carbocycles. The molecule has 0 aliphatic carbocycles. The van der Waals surface area contributed by atoms with E-state index in [9.17, 15) is 14.4 Å². The van der Waals surface area contributed by atoms with Gasteiger partial charge in [0.2, 0.25) is 11.8 Å². The van der Waals surface area contributed by atoms with Crippen LogP contribution in [0, 0.1) is 0 Å². The first kappa shape index (κ1) is 15.6. The molecule has 25 heavy (non-hydrogen) atoms. The summed E-state index contributed by atoms with van der Waals surface area (Å²) in [5.41, 5.74) is 2.25. The zero-order valence-corrected chi connectivity index (χ0v) is 14.0. The predicted octanol–water partition coefficient (Wildman–Crippen LogP) is 1.62. The van der Waals surface area contributed by atoms with E-state index in [1.54, 1.807) is 28.5 Å². The maximum Gasteiger partial charge on any atom is 0.323 e. The van der Waals surface area contributed by atoms with Gasteiger partial charge < -0.3 is 15.3 Å². The molecule has 1 aliphatic rings. The van der Waals surface area contributed by atoms with Gasteiger partial charge in [-0.1, -0.05) is 0 Å². The first-order valence-corrected chi connectivity index (χ1v) is 8.73. The molecule has 2 amide bonds. The number of carbonyl (C=O) groups is 2. The number of aromatic nitrogens is 3. The van der Waals surface area contributed by atoms with Gasteiger partial charge in [-0.05, 0) is 24.6 Å². The molecule has 0 atom stereocenters. The fraction of sp³-hybridized carbons (Fsp3) is 0.250. The minimum Gasteiger partial charge on any atom is -0.326 e. The van der Waals surface area contributed by atoms with Crippen molar-refractivity contribution in [3.8, 4) is 0 Å². The molecule has 3 aromatic rings. The summed E-state index contributed by atoms with van der Waals surface area (Å²) in [6, 6.07) is 5.14. The van der Waals surface area contributed by atoms with Crippen LogP contribution >= 0.6 is 11.3 Å². The number of imidazole rings is 1. The largest absolute Gasteiger partial charge is 0.326 e. The molecule has 3 N–H and O–H groups in total. The standard InChI is InChI=1S/C16H15N5O3S/c22-13(17-9-3-4-11-12(6-9)20-15(24)19-11)7-10-8-25-16(18-10)21-5-1-2-14(21)23/h3-4,6,8H,1-2,5,7H2,(H,17,22)(H2,19,20,24). The molecular formula is C16H15N5O3S. The Labute approximate surface area is 145 Å². The minimum absolute atomic E-state index is 0.0825. The van der Waals surface area contributed by atoms with Gasteiger partial charge in [-0.3, -0.25) is 14.5 Å². The number of hydrogen-bond donors (Lipinski definition) is 3. The Kier molecular flexibility index (Phi) is 3.85. The fourth-order valence-electron chi connectivity index (χ4n) is 2.83. The second-order valence-corrected chi connectivity index (χ2v) is 6.67. The summed E-state index contributed by atoms with van der Waals surface area (Å²) >= 11 is 1.37. The number of fused-ring (bicyclic) bond motifs is 1. The first-order valence-electron chi connectivity index (χ1n) is 7.85. The second kappa shape index (κ2) is 6.17. The zero-order valence-electron chi connectivity index (χ0n) is 13.2. The minimum atomic E-state index is -0.287. The summed E-state index contributed by atoms with van der Waals surface area (Å²) in [5, 5.41) is 5.24. The lowest BCUT2D eigenvalue weighted by atomic mass is 10.2. The van der Waals surface area contributed by atoms with Gasteiger partial charge in [-0.2, -0.15) is 0 Å². The third-order valence-electron chi connectivity index (χ3n) is 3.99. The van der Waals surface area contributed by atoms with Gasteiger partial charge in [-0.25, -0.2) is 9.78 Å². The average molecular weight is 357 g/mol. The van der Waals surface area contributed by atoms with Gasteiger partial charge >= 0.3 is 5.69 Å². The van der Waals surface area contributed by atoms with E-state index < -0.39 is 0 Å². The second-order valence-electron chi connectivity index (χ2n) is 5.83. The lowest BCUT2D eigenvalue weighted by Crippen LogP contribution is -2.23. The summed E-state index contributed by atoms with van der Waals surface area (Å²) in [5.74, 6) is -0.124. The number of rotatable bonds is 4.